The second kappa shape index (κ2) is 8.65. The molecule has 1 aliphatic rings. The van der Waals surface area contributed by atoms with Gasteiger partial charge in [0.05, 0.1) is 36.8 Å². The molecule has 29 heavy (non-hydrogen) atoms. The Balaban J connectivity index is 1.80. The molecular weight excluding hydrogens is 392 g/mol. The van der Waals surface area contributed by atoms with Gasteiger partial charge < -0.3 is 15.0 Å². The fourth-order valence-corrected chi connectivity index (χ4v) is 5.14. The van der Waals surface area contributed by atoms with Crippen molar-refractivity contribution < 1.29 is 22.7 Å². The normalized spacial score (nSPS) is 17.5. The maximum absolute atomic E-state index is 13.1. The van der Waals surface area contributed by atoms with Crippen LogP contribution >= 0.6 is 0 Å². The molecular formula is C21H24N2O5S. The first kappa shape index (κ1) is 20.9. The number of para-hydroxylation sites is 1. The molecule has 1 saturated heterocycles. The average molecular weight is 416 g/mol. The third-order valence-corrected chi connectivity index (χ3v) is 6.72. The van der Waals surface area contributed by atoms with Gasteiger partial charge in [-0.2, -0.15) is 0 Å². The van der Waals surface area contributed by atoms with E-state index < -0.39 is 15.8 Å². The molecule has 1 heterocycles. The number of aryl methyl sites for hydroxylation is 1. The number of methoxy groups -OCH3 is 1. The van der Waals surface area contributed by atoms with Gasteiger partial charge in [-0.3, -0.25) is 4.79 Å². The summed E-state index contributed by atoms with van der Waals surface area (Å²) < 4.78 is 28.7. The molecule has 0 aromatic heterocycles. The van der Waals surface area contributed by atoms with Crippen molar-refractivity contribution >= 4 is 33.1 Å². The highest BCUT2D eigenvalue weighted by Crippen LogP contribution is 2.25. The van der Waals surface area contributed by atoms with Gasteiger partial charge in [0.1, 0.15) is 0 Å². The summed E-state index contributed by atoms with van der Waals surface area (Å²) in [7, 11) is -1.83. The summed E-state index contributed by atoms with van der Waals surface area (Å²) in [5, 5.41) is 3.08. The van der Waals surface area contributed by atoms with Gasteiger partial charge in [0, 0.05) is 11.4 Å². The predicted octanol–water partition coefficient (Wildman–Crippen LogP) is 2.41. The zero-order valence-electron chi connectivity index (χ0n) is 16.4. The number of benzene rings is 2. The largest absolute Gasteiger partial charge is 0.465 e. The smallest absolute Gasteiger partial charge is 0.337 e. The fourth-order valence-electron chi connectivity index (χ4n) is 3.44. The highest BCUT2D eigenvalue weighted by atomic mass is 32.2. The summed E-state index contributed by atoms with van der Waals surface area (Å²) in [6, 6.07) is 13.8. The van der Waals surface area contributed by atoms with E-state index >= 15 is 0 Å². The summed E-state index contributed by atoms with van der Waals surface area (Å²) >= 11 is 0. The Morgan fingerprint density at radius 3 is 2.52 bits per heavy atom. The first-order valence-corrected chi connectivity index (χ1v) is 11.1. The van der Waals surface area contributed by atoms with Crippen molar-refractivity contribution in [1.29, 1.82) is 0 Å². The summed E-state index contributed by atoms with van der Waals surface area (Å²) in [5.74, 6) is -0.644. The molecule has 2 aromatic carbocycles. The number of nitrogens with one attached hydrogen (secondary N) is 1. The van der Waals surface area contributed by atoms with E-state index in [1.54, 1.807) is 35.2 Å². The number of carbonyl (C=O) groups is 2. The third kappa shape index (κ3) is 4.95. The van der Waals surface area contributed by atoms with Crippen molar-refractivity contribution in [3.63, 3.8) is 0 Å². The number of rotatable bonds is 6. The van der Waals surface area contributed by atoms with Crippen LogP contribution in [0.3, 0.4) is 0 Å². The Bertz CT molecular complexity index is 1000. The Morgan fingerprint density at radius 2 is 1.90 bits per heavy atom. The van der Waals surface area contributed by atoms with E-state index in [1.807, 2.05) is 25.1 Å². The van der Waals surface area contributed by atoms with Crippen LogP contribution in [-0.2, 0) is 19.4 Å². The maximum atomic E-state index is 13.1. The van der Waals surface area contributed by atoms with Gasteiger partial charge >= 0.3 is 5.97 Å². The van der Waals surface area contributed by atoms with Crippen molar-refractivity contribution in [3.05, 3.63) is 59.7 Å². The van der Waals surface area contributed by atoms with Gasteiger partial charge in [0.25, 0.3) is 0 Å². The van der Waals surface area contributed by atoms with Gasteiger partial charge in [-0.25, -0.2) is 13.2 Å². The Hall–Kier alpha value is -2.87. The molecule has 3 rings (SSSR count). The van der Waals surface area contributed by atoms with E-state index in [9.17, 15) is 18.0 Å². The standard InChI is InChI=1S/C21H24N2O5S/c1-15-8-9-16(21(25)28-2)12-19(15)22-13-20(24)23(17-6-4-3-5-7-17)18-10-11-29(26,27)14-18/h3-9,12,18,22H,10-11,13-14H2,1-2H3/t18-/m0/s1. The van der Waals surface area contributed by atoms with E-state index in [0.717, 1.165) is 5.56 Å². The van der Waals surface area contributed by atoms with Crippen LogP contribution in [0.25, 0.3) is 0 Å². The van der Waals surface area contributed by atoms with E-state index in [0.29, 0.717) is 23.4 Å². The van der Waals surface area contributed by atoms with Crippen LogP contribution in [0.2, 0.25) is 0 Å². The predicted molar refractivity (Wildman–Crippen MR) is 112 cm³/mol. The number of amides is 1. The van der Waals surface area contributed by atoms with Gasteiger partial charge in [-0.05, 0) is 43.2 Å². The molecule has 1 aliphatic heterocycles. The first-order chi connectivity index (χ1) is 13.8. The molecule has 1 fully saturated rings. The zero-order chi connectivity index (χ0) is 21.0. The Kier molecular flexibility index (Phi) is 6.22. The number of nitrogens with zero attached hydrogens (tertiary/aromatic N) is 1. The lowest BCUT2D eigenvalue weighted by Gasteiger charge is -2.29. The Labute approximate surface area is 170 Å². The molecule has 2 aromatic rings. The summed E-state index contributed by atoms with van der Waals surface area (Å²) in [4.78, 5) is 26.4. The fraction of sp³-hybridized carbons (Fsp3) is 0.333. The summed E-state index contributed by atoms with van der Waals surface area (Å²) in [6.07, 6.45) is 0.416. The molecule has 8 heteroatoms. The van der Waals surface area contributed by atoms with Gasteiger partial charge in [0.15, 0.2) is 9.84 Å². The minimum absolute atomic E-state index is 0.0308. The number of sulfone groups is 1. The van der Waals surface area contributed by atoms with Crippen molar-refractivity contribution in [1.82, 2.24) is 0 Å². The molecule has 0 spiro atoms. The number of anilines is 2. The van der Waals surface area contributed by atoms with Crippen LogP contribution in [-0.4, -0.2) is 51.5 Å². The number of hydrogen-bond acceptors (Lipinski definition) is 6. The molecule has 0 bridgehead atoms. The highest BCUT2D eigenvalue weighted by molar-refractivity contribution is 7.91. The van der Waals surface area contributed by atoms with Gasteiger partial charge in [-0.15, -0.1) is 0 Å². The number of esters is 1. The molecule has 1 N–H and O–H groups in total. The van der Waals surface area contributed by atoms with Crippen molar-refractivity contribution in [2.75, 3.05) is 35.4 Å². The molecule has 0 radical (unpaired) electrons. The number of ether oxygens (including phenoxy) is 1. The lowest BCUT2D eigenvalue weighted by Crippen LogP contribution is -2.44. The van der Waals surface area contributed by atoms with Crippen LogP contribution in [0.15, 0.2) is 48.5 Å². The molecule has 1 atom stereocenters. The van der Waals surface area contributed by atoms with Crippen LogP contribution in [0.1, 0.15) is 22.3 Å². The van der Waals surface area contributed by atoms with Gasteiger partial charge in [0.2, 0.25) is 5.91 Å². The second-order valence-electron chi connectivity index (χ2n) is 7.03. The molecule has 154 valence electrons. The van der Waals surface area contributed by atoms with Crippen molar-refractivity contribution in [2.24, 2.45) is 0 Å². The minimum atomic E-state index is -3.14. The number of hydrogen-bond donors (Lipinski definition) is 1. The van der Waals surface area contributed by atoms with Crippen molar-refractivity contribution in [2.45, 2.75) is 19.4 Å². The third-order valence-electron chi connectivity index (χ3n) is 4.97. The number of carbonyl (C=O) groups excluding carboxylic acids is 2. The molecule has 0 unspecified atom stereocenters. The van der Waals surface area contributed by atoms with E-state index in [1.165, 1.54) is 7.11 Å². The van der Waals surface area contributed by atoms with Crippen LogP contribution in [0, 0.1) is 6.92 Å². The lowest BCUT2D eigenvalue weighted by molar-refractivity contribution is -0.117. The quantitative estimate of drug-likeness (QED) is 0.727. The van der Waals surface area contributed by atoms with Crippen molar-refractivity contribution in [3.8, 4) is 0 Å². The van der Waals surface area contributed by atoms with E-state index in [4.69, 9.17) is 4.74 Å². The lowest BCUT2D eigenvalue weighted by atomic mass is 10.1. The van der Waals surface area contributed by atoms with Crippen LogP contribution < -0.4 is 10.2 Å². The van der Waals surface area contributed by atoms with E-state index in [2.05, 4.69) is 5.32 Å². The average Bonchev–Trinajstić information content (AvgIpc) is 3.07. The van der Waals surface area contributed by atoms with Crippen LogP contribution in [0.4, 0.5) is 11.4 Å². The molecule has 0 aliphatic carbocycles. The highest BCUT2D eigenvalue weighted by Gasteiger charge is 2.35. The monoisotopic (exact) mass is 416 g/mol. The SMILES string of the molecule is COC(=O)c1ccc(C)c(NCC(=O)N(c2ccccc2)[C@H]2CCS(=O)(=O)C2)c1. The molecule has 0 saturated carbocycles. The maximum Gasteiger partial charge on any atom is 0.337 e. The van der Waals surface area contributed by atoms with E-state index in [-0.39, 0.29) is 30.0 Å². The Morgan fingerprint density at radius 1 is 1.17 bits per heavy atom. The minimum Gasteiger partial charge on any atom is -0.465 e. The zero-order valence-corrected chi connectivity index (χ0v) is 17.2. The molecule has 1 amide bonds. The topological polar surface area (TPSA) is 92.8 Å². The first-order valence-electron chi connectivity index (χ1n) is 9.31. The van der Waals surface area contributed by atoms with Crippen LogP contribution in [0.5, 0.6) is 0 Å². The second-order valence-corrected chi connectivity index (χ2v) is 9.26. The van der Waals surface area contributed by atoms with Gasteiger partial charge in [-0.1, -0.05) is 24.3 Å². The summed E-state index contributed by atoms with van der Waals surface area (Å²) in [5.41, 5.74) is 2.57. The summed E-state index contributed by atoms with van der Waals surface area (Å²) in [6.45, 7) is 1.84. The molecule has 7 nitrogen and oxygen atoms in total.